The highest BCUT2D eigenvalue weighted by Crippen LogP contribution is 2.31. The molecule has 98 valence electrons. The summed E-state index contributed by atoms with van der Waals surface area (Å²) in [5.41, 5.74) is 5.65. The fourth-order valence-electron chi connectivity index (χ4n) is 2.51. The fraction of sp³-hybridized carbons (Fsp3) is 0.462. The van der Waals surface area contributed by atoms with Gasteiger partial charge in [-0.15, -0.1) is 0 Å². The Hall–Kier alpha value is -1.75. The van der Waals surface area contributed by atoms with Crippen LogP contribution >= 0.6 is 0 Å². The van der Waals surface area contributed by atoms with Crippen LogP contribution in [0.3, 0.4) is 0 Å². The van der Waals surface area contributed by atoms with Gasteiger partial charge in [0, 0.05) is 19.1 Å². The van der Waals surface area contributed by atoms with Gasteiger partial charge in [-0.1, -0.05) is 13.0 Å². The van der Waals surface area contributed by atoms with Crippen molar-refractivity contribution >= 4 is 5.91 Å². The maximum absolute atomic E-state index is 12.4. The number of hydrogen-bond donors (Lipinski definition) is 3. The number of hydrogen-bond acceptors (Lipinski definition) is 4. The second-order valence-corrected chi connectivity index (χ2v) is 4.74. The Morgan fingerprint density at radius 3 is 2.61 bits per heavy atom. The van der Waals surface area contributed by atoms with Gasteiger partial charge >= 0.3 is 0 Å². The van der Waals surface area contributed by atoms with Crippen LogP contribution in [-0.4, -0.2) is 40.2 Å². The molecule has 1 saturated heterocycles. The van der Waals surface area contributed by atoms with Crippen molar-refractivity contribution in [3.05, 3.63) is 23.8 Å². The average molecular weight is 250 g/mol. The summed E-state index contributed by atoms with van der Waals surface area (Å²) in [6.07, 6.45) is 0.891. The number of nitrogens with two attached hydrogens (primary N) is 1. The largest absolute Gasteiger partial charge is 0.507 e. The van der Waals surface area contributed by atoms with Crippen molar-refractivity contribution in [2.24, 2.45) is 11.7 Å². The summed E-state index contributed by atoms with van der Waals surface area (Å²) in [6, 6.07) is 4.25. The maximum atomic E-state index is 12.4. The first-order valence-corrected chi connectivity index (χ1v) is 6.08. The van der Waals surface area contributed by atoms with E-state index in [4.69, 9.17) is 5.73 Å². The summed E-state index contributed by atoms with van der Waals surface area (Å²) in [5.74, 6) is -0.414. The lowest BCUT2D eigenvalue weighted by Crippen LogP contribution is -2.42. The van der Waals surface area contributed by atoms with Crippen LogP contribution in [0.5, 0.6) is 11.5 Å². The third kappa shape index (κ3) is 2.01. The number of nitrogens with zero attached hydrogens (tertiary/aromatic N) is 1. The van der Waals surface area contributed by atoms with Crippen LogP contribution < -0.4 is 5.73 Å². The Kier molecular flexibility index (Phi) is 3.43. The number of carbonyl (C=O) groups is 1. The predicted octanol–water partition coefficient (Wildman–Crippen LogP) is 0.907. The molecule has 1 amide bonds. The number of phenols is 2. The molecule has 5 heteroatoms. The first-order valence-electron chi connectivity index (χ1n) is 6.08. The van der Waals surface area contributed by atoms with E-state index in [9.17, 15) is 15.0 Å². The van der Waals surface area contributed by atoms with Gasteiger partial charge in [0.15, 0.2) is 0 Å². The van der Waals surface area contributed by atoms with Gasteiger partial charge in [0.05, 0.1) is 0 Å². The number of rotatable bonds is 2. The van der Waals surface area contributed by atoms with Gasteiger partial charge in [-0.05, 0) is 24.5 Å². The van der Waals surface area contributed by atoms with Gasteiger partial charge < -0.3 is 20.8 Å². The van der Waals surface area contributed by atoms with Crippen molar-refractivity contribution in [3.8, 4) is 11.5 Å². The number of amides is 1. The molecule has 0 bridgehead atoms. The molecule has 5 nitrogen and oxygen atoms in total. The minimum atomic E-state index is -0.356. The van der Waals surface area contributed by atoms with Gasteiger partial charge in [-0.3, -0.25) is 4.79 Å². The fourth-order valence-corrected chi connectivity index (χ4v) is 2.51. The highest BCUT2D eigenvalue weighted by atomic mass is 16.3. The van der Waals surface area contributed by atoms with Gasteiger partial charge in [0.25, 0.3) is 5.91 Å². The number of benzene rings is 1. The van der Waals surface area contributed by atoms with Crippen LogP contribution in [0, 0.1) is 5.92 Å². The molecule has 1 aliphatic rings. The summed E-state index contributed by atoms with van der Waals surface area (Å²) in [4.78, 5) is 14.0. The highest BCUT2D eigenvalue weighted by Gasteiger charge is 2.35. The van der Waals surface area contributed by atoms with Crippen LogP contribution in [-0.2, 0) is 0 Å². The first kappa shape index (κ1) is 12.7. The van der Waals surface area contributed by atoms with Crippen molar-refractivity contribution < 1.29 is 15.0 Å². The van der Waals surface area contributed by atoms with E-state index in [0.29, 0.717) is 19.0 Å². The zero-order valence-electron chi connectivity index (χ0n) is 10.3. The summed E-state index contributed by atoms with van der Waals surface area (Å²) >= 11 is 0. The molecule has 1 aromatic rings. The van der Waals surface area contributed by atoms with E-state index < -0.39 is 0 Å². The molecule has 0 spiro atoms. The van der Waals surface area contributed by atoms with E-state index >= 15 is 0 Å². The topological polar surface area (TPSA) is 86.8 Å². The third-order valence-electron chi connectivity index (χ3n) is 3.62. The van der Waals surface area contributed by atoms with E-state index in [0.717, 1.165) is 6.42 Å². The lowest BCUT2D eigenvalue weighted by Gasteiger charge is -2.26. The number of phenolic OH excluding ortho intramolecular Hbond substituents is 2. The van der Waals surface area contributed by atoms with Gasteiger partial charge in [0.2, 0.25) is 0 Å². The summed E-state index contributed by atoms with van der Waals surface area (Å²) < 4.78 is 0. The second-order valence-electron chi connectivity index (χ2n) is 4.74. The Bertz CT molecular complexity index is 441. The average Bonchev–Trinajstić information content (AvgIpc) is 2.69. The molecule has 1 aromatic carbocycles. The van der Waals surface area contributed by atoms with E-state index in [1.165, 1.54) is 18.2 Å². The third-order valence-corrected chi connectivity index (χ3v) is 3.62. The van der Waals surface area contributed by atoms with Crippen molar-refractivity contribution in [3.63, 3.8) is 0 Å². The Morgan fingerprint density at radius 1 is 1.44 bits per heavy atom. The van der Waals surface area contributed by atoms with Gasteiger partial charge in [-0.25, -0.2) is 0 Å². The number of likely N-dealkylation sites (tertiary alicyclic amines) is 1. The van der Waals surface area contributed by atoms with E-state index in [1.54, 1.807) is 4.90 Å². The van der Waals surface area contributed by atoms with Crippen molar-refractivity contribution in [1.82, 2.24) is 4.90 Å². The standard InChI is InChI=1S/C13H18N2O3/c1-8-5-6-15(9(8)7-14)13(18)12-10(16)3-2-4-11(12)17/h2-4,8-9,16-17H,5-7,14H2,1H3. The van der Waals surface area contributed by atoms with Crippen molar-refractivity contribution in [1.29, 1.82) is 0 Å². The molecule has 0 saturated carbocycles. The van der Waals surface area contributed by atoms with E-state index in [2.05, 4.69) is 6.92 Å². The molecule has 0 aliphatic carbocycles. The SMILES string of the molecule is CC1CCN(C(=O)c2c(O)cccc2O)C1CN. The molecule has 1 heterocycles. The van der Waals surface area contributed by atoms with Crippen LogP contribution in [0.4, 0.5) is 0 Å². The monoisotopic (exact) mass is 250 g/mol. The van der Waals surface area contributed by atoms with Crippen LogP contribution in [0.25, 0.3) is 0 Å². The van der Waals surface area contributed by atoms with Crippen LogP contribution in [0.1, 0.15) is 23.7 Å². The quantitative estimate of drug-likeness (QED) is 0.728. The second kappa shape index (κ2) is 4.86. The lowest BCUT2D eigenvalue weighted by molar-refractivity contribution is 0.0721. The summed E-state index contributed by atoms with van der Waals surface area (Å²) in [7, 11) is 0. The molecule has 0 aromatic heterocycles. The number of carbonyl (C=O) groups excluding carboxylic acids is 1. The summed E-state index contributed by atoms with van der Waals surface area (Å²) in [6.45, 7) is 3.05. The minimum absolute atomic E-state index is 0.0310. The van der Waals surface area contributed by atoms with Crippen molar-refractivity contribution in [2.75, 3.05) is 13.1 Å². The Labute approximate surface area is 106 Å². The Balaban J connectivity index is 2.32. The predicted molar refractivity (Wildman–Crippen MR) is 67.4 cm³/mol. The highest BCUT2D eigenvalue weighted by molar-refractivity contribution is 5.99. The smallest absolute Gasteiger partial charge is 0.261 e. The Morgan fingerprint density at radius 2 is 2.06 bits per heavy atom. The zero-order chi connectivity index (χ0) is 13.3. The van der Waals surface area contributed by atoms with Gasteiger partial charge in [0.1, 0.15) is 17.1 Å². The molecular weight excluding hydrogens is 232 g/mol. The van der Waals surface area contributed by atoms with E-state index in [1.807, 2.05) is 0 Å². The molecular formula is C13H18N2O3. The zero-order valence-corrected chi connectivity index (χ0v) is 10.3. The van der Waals surface area contributed by atoms with E-state index in [-0.39, 0.29) is 29.0 Å². The molecule has 4 N–H and O–H groups in total. The molecule has 18 heavy (non-hydrogen) atoms. The minimum Gasteiger partial charge on any atom is -0.507 e. The van der Waals surface area contributed by atoms with Crippen LogP contribution in [0.15, 0.2) is 18.2 Å². The maximum Gasteiger partial charge on any atom is 0.261 e. The van der Waals surface area contributed by atoms with Gasteiger partial charge in [-0.2, -0.15) is 0 Å². The number of aromatic hydroxyl groups is 2. The summed E-state index contributed by atoms with van der Waals surface area (Å²) in [5, 5.41) is 19.4. The molecule has 1 fully saturated rings. The molecule has 2 unspecified atom stereocenters. The molecule has 0 radical (unpaired) electrons. The van der Waals surface area contributed by atoms with Crippen LogP contribution in [0.2, 0.25) is 0 Å². The normalized spacial score (nSPS) is 23.3. The first-order chi connectivity index (χ1) is 8.56. The lowest BCUT2D eigenvalue weighted by atomic mass is 10.0. The molecule has 2 atom stereocenters. The molecule has 2 rings (SSSR count). The van der Waals surface area contributed by atoms with Crippen molar-refractivity contribution in [2.45, 2.75) is 19.4 Å². The molecule has 1 aliphatic heterocycles.